The van der Waals surface area contributed by atoms with Crippen molar-refractivity contribution in [3.8, 4) is 0 Å². The fourth-order valence-electron chi connectivity index (χ4n) is 2.97. The first-order valence-electron chi connectivity index (χ1n) is 9.10. The summed E-state index contributed by atoms with van der Waals surface area (Å²) in [7, 11) is -3.69. The van der Waals surface area contributed by atoms with Crippen molar-refractivity contribution in [2.45, 2.75) is 11.3 Å². The Hall–Kier alpha value is -3.01. The van der Waals surface area contributed by atoms with Gasteiger partial charge in [-0.15, -0.1) is 0 Å². The Morgan fingerprint density at radius 3 is 2.70 bits per heavy atom. The Morgan fingerprint density at radius 2 is 1.93 bits per heavy atom. The molecule has 0 unspecified atom stereocenters. The van der Waals surface area contributed by atoms with Gasteiger partial charge >= 0.3 is 0 Å². The van der Waals surface area contributed by atoms with Gasteiger partial charge < -0.3 is 5.32 Å². The number of rotatable bonds is 5. The smallest absolute Gasteiger partial charge is 0.264 e. The topological polar surface area (TPSA) is 115 Å². The molecule has 1 saturated heterocycles. The van der Waals surface area contributed by atoms with Crippen LogP contribution in [0.1, 0.15) is 11.1 Å². The zero-order valence-corrected chi connectivity index (χ0v) is 17.4. The van der Waals surface area contributed by atoms with Crippen LogP contribution in [-0.2, 0) is 21.2 Å². The highest BCUT2D eigenvalue weighted by molar-refractivity contribution is 8.18. The maximum absolute atomic E-state index is 12.3. The van der Waals surface area contributed by atoms with Crippen molar-refractivity contribution in [3.63, 3.8) is 0 Å². The van der Waals surface area contributed by atoms with E-state index in [1.54, 1.807) is 18.3 Å². The number of primary sulfonamides is 1. The third-order valence-electron chi connectivity index (χ3n) is 4.48. The first-order chi connectivity index (χ1) is 14.4. The van der Waals surface area contributed by atoms with E-state index in [1.807, 2.05) is 36.4 Å². The van der Waals surface area contributed by atoms with Crippen molar-refractivity contribution in [3.05, 3.63) is 76.8 Å². The molecule has 7 nitrogen and oxygen atoms in total. The van der Waals surface area contributed by atoms with Crippen LogP contribution >= 0.6 is 11.8 Å². The van der Waals surface area contributed by atoms with Crippen molar-refractivity contribution >= 4 is 49.8 Å². The lowest BCUT2D eigenvalue weighted by Gasteiger charge is -2.01. The summed E-state index contributed by atoms with van der Waals surface area (Å²) < 4.78 is 22.6. The molecule has 3 aromatic rings. The van der Waals surface area contributed by atoms with Gasteiger partial charge in [0.2, 0.25) is 10.0 Å². The van der Waals surface area contributed by atoms with Crippen LogP contribution in [-0.4, -0.2) is 31.0 Å². The van der Waals surface area contributed by atoms with Gasteiger partial charge in [-0.1, -0.05) is 24.3 Å². The molecule has 3 N–H and O–H groups in total. The Morgan fingerprint density at radius 1 is 1.13 bits per heavy atom. The minimum Gasteiger partial charge on any atom is -0.301 e. The number of hydrogen-bond acceptors (Lipinski definition) is 6. The van der Waals surface area contributed by atoms with Crippen LogP contribution in [0.25, 0.3) is 17.0 Å². The minimum absolute atomic E-state index is 0.0791. The molecule has 1 amide bonds. The summed E-state index contributed by atoms with van der Waals surface area (Å²) in [6.07, 6.45) is 4.19. The molecule has 0 saturated carbocycles. The van der Waals surface area contributed by atoms with Crippen LogP contribution in [0.2, 0.25) is 0 Å². The van der Waals surface area contributed by atoms with Crippen LogP contribution < -0.4 is 10.5 Å². The maximum atomic E-state index is 12.3. The number of amides is 1. The minimum atomic E-state index is -3.69. The highest BCUT2D eigenvalue weighted by Gasteiger charge is 2.23. The molecule has 30 heavy (non-hydrogen) atoms. The molecule has 9 heteroatoms. The second kappa shape index (κ2) is 8.39. The van der Waals surface area contributed by atoms with Gasteiger partial charge in [-0.05, 0) is 65.7 Å². The van der Waals surface area contributed by atoms with Crippen LogP contribution in [0, 0.1) is 0 Å². The molecule has 2 heterocycles. The molecule has 0 aliphatic carbocycles. The van der Waals surface area contributed by atoms with Gasteiger partial charge in [0, 0.05) is 18.1 Å². The Kier molecular flexibility index (Phi) is 5.67. The lowest BCUT2D eigenvalue weighted by Crippen LogP contribution is -2.20. The van der Waals surface area contributed by atoms with Gasteiger partial charge in [-0.25, -0.2) is 13.6 Å². The number of nitrogens with zero attached hydrogens (tertiary/aromatic N) is 2. The summed E-state index contributed by atoms with van der Waals surface area (Å²) in [5, 5.41) is 9.43. The van der Waals surface area contributed by atoms with Gasteiger partial charge in [0.1, 0.15) is 0 Å². The van der Waals surface area contributed by atoms with E-state index in [4.69, 9.17) is 5.14 Å². The van der Waals surface area contributed by atoms with E-state index in [9.17, 15) is 13.2 Å². The number of carbonyl (C=O) groups is 1. The number of aromatic nitrogens is 1. The normalized spacial score (nSPS) is 17.0. The molecular formula is C21H18N4O3S2. The average Bonchev–Trinajstić information content (AvgIpc) is 3.07. The summed E-state index contributed by atoms with van der Waals surface area (Å²) >= 11 is 1.30. The Labute approximate surface area is 178 Å². The third kappa shape index (κ3) is 4.76. The van der Waals surface area contributed by atoms with Crippen LogP contribution in [0.15, 0.2) is 75.6 Å². The molecule has 0 atom stereocenters. The van der Waals surface area contributed by atoms with E-state index in [2.05, 4.69) is 15.3 Å². The lowest BCUT2D eigenvalue weighted by molar-refractivity contribution is -0.115. The first-order valence-corrected chi connectivity index (χ1v) is 11.5. The van der Waals surface area contributed by atoms with E-state index in [0.717, 1.165) is 22.0 Å². The summed E-state index contributed by atoms with van der Waals surface area (Å²) in [5.74, 6) is -0.178. The number of carbonyl (C=O) groups excluding carboxylic acids is 1. The van der Waals surface area contributed by atoms with E-state index >= 15 is 0 Å². The molecule has 0 radical (unpaired) electrons. The maximum Gasteiger partial charge on any atom is 0.264 e. The molecule has 0 bridgehead atoms. The van der Waals surface area contributed by atoms with Crippen LogP contribution in [0.4, 0.5) is 0 Å². The molecular weight excluding hydrogens is 420 g/mol. The van der Waals surface area contributed by atoms with E-state index in [1.165, 1.54) is 23.9 Å². The number of aliphatic imine (C=N–C) groups is 1. The second-order valence-corrected chi connectivity index (χ2v) is 9.24. The molecule has 4 rings (SSSR count). The monoisotopic (exact) mass is 438 g/mol. The summed E-state index contributed by atoms with van der Waals surface area (Å²) in [5.41, 5.74) is 2.76. The van der Waals surface area contributed by atoms with Crippen molar-refractivity contribution in [1.29, 1.82) is 0 Å². The SMILES string of the molecule is NS(=O)(=O)c1ccc(CC/N=C2/NC(=O)/C(=C/c3ccc4ncccc4c3)S2)cc1. The zero-order valence-electron chi connectivity index (χ0n) is 15.8. The number of benzene rings is 2. The van der Waals surface area contributed by atoms with E-state index in [0.29, 0.717) is 23.0 Å². The number of fused-ring (bicyclic) bond motifs is 1. The number of nitrogens with two attached hydrogens (primary N) is 1. The molecule has 1 aliphatic heterocycles. The molecule has 2 aromatic carbocycles. The number of thioether (sulfide) groups is 1. The van der Waals surface area contributed by atoms with Gasteiger partial charge in [0.05, 0.1) is 15.3 Å². The lowest BCUT2D eigenvalue weighted by atomic mass is 10.1. The van der Waals surface area contributed by atoms with Gasteiger partial charge in [0.15, 0.2) is 5.17 Å². The van der Waals surface area contributed by atoms with Crippen molar-refractivity contribution < 1.29 is 13.2 Å². The number of pyridine rings is 1. The molecule has 152 valence electrons. The summed E-state index contributed by atoms with van der Waals surface area (Å²) in [6.45, 7) is 0.465. The average molecular weight is 439 g/mol. The fourth-order valence-corrected chi connectivity index (χ4v) is 4.33. The zero-order chi connectivity index (χ0) is 21.1. The molecule has 1 fully saturated rings. The van der Waals surface area contributed by atoms with Crippen LogP contribution in [0.3, 0.4) is 0 Å². The summed E-state index contributed by atoms with van der Waals surface area (Å²) in [4.78, 5) is 21.6. The quantitative estimate of drug-likeness (QED) is 0.595. The summed E-state index contributed by atoms with van der Waals surface area (Å²) in [6, 6.07) is 16.1. The van der Waals surface area contributed by atoms with Crippen molar-refractivity contribution in [1.82, 2.24) is 10.3 Å². The number of nitrogens with one attached hydrogen (secondary N) is 1. The number of amidine groups is 1. The number of hydrogen-bond donors (Lipinski definition) is 2. The Balaban J connectivity index is 1.41. The highest BCUT2D eigenvalue weighted by Crippen LogP contribution is 2.27. The van der Waals surface area contributed by atoms with Crippen LogP contribution in [0.5, 0.6) is 0 Å². The molecule has 1 aromatic heterocycles. The van der Waals surface area contributed by atoms with Crippen molar-refractivity contribution in [2.75, 3.05) is 6.54 Å². The molecule has 0 spiro atoms. The third-order valence-corrected chi connectivity index (χ3v) is 6.36. The van der Waals surface area contributed by atoms with E-state index < -0.39 is 10.0 Å². The van der Waals surface area contributed by atoms with Crippen molar-refractivity contribution in [2.24, 2.45) is 10.1 Å². The van der Waals surface area contributed by atoms with Gasteiger partial charge in [-0.3, -0.25) is 14.8 Å². The predicted octanol–water partition coefficient (Wildman–Crippen LogP) is 2.68. The predicted molar refractivity (Wildman–Crippen MR) is 119 cm³/mol. The second-order valence-electron chi connectivity index (χ2n) is 6.65. The van der Waals surface area contributed by atoms with E-state index in [-0.39, 0.29) is 10.8 Å². The van der Waals surface area contributed by atoms with Gasteiger partial charge in [0.25, 0.3) is 5.91 Å². The molecule has 1 aliphatic rings. The standard InChI is InChI=1S/C21H18N4O3S2/c22-30(27,28)17-6-3-14(4-7-17)9-11-24-21-25-20(26)19(29-21)13-15-5-8-18-16(12-15)2-1-10-23-18/h1-8,10,12-13H,9,11H2,(H2,22,27,28)(H,24,25,26)/b19-13-. The van der Waals surface area contributed by atoms with Gasteiger partial charge in [-0.2, -0.15) is 0 Å². The fraction of sp³-hybridized carbons (Fsp3) is 0.0952. The largest absolute Gasteiger partial charge is 0.301 e. The first kappa shape index (κ1) is 20.3. The highest BCUT2D eigenvalue weighted by atomic mass is 32.2. The Bertz CT molecular complexity index is 1280. The number of sulfonamides is 1.